The van der Waals surface area contributed by atoms with E-state index in [4.69, 9.17) is 5.11 Å². The van der Waals surface area contributed by atoms with Crippen LogP contribution in [0.1, 0.15) is 31.7 Å². The zero-order valence-electron chi connectivity index (χ0n) is 11.7. The molecule has 0 aliphatic rings. The van der Waals surface area contributed by atoms with Crippen LogP contribution in [0.15, 0.2) is 30.5 Å². The van der Waals surface area contributed by atoms with Crippen molar-refractivity contribution < 1.29 is 5.11 Å². The lowest BCUT2D eigenvalue weighted by molar-refractivity contribution is 0.281. The van der Waals surface area contributed by atoms with Crippen LogP contribution in [0.4, 0.5) is 0 Å². The summed E-state index contributed by atoms with van der Waals surface area (Å²) in [5, 5.41) is 13.7. The molecular formula is C16H24N2O. The van der Waals surface area contributed by atoms with Gasteiger partial charge in [0.05, 0.1) is 0 Å². The molecule has 0 unspecified atom stereocenters. The molecule has 0 bridgehead atoms. The Balaban J connectivity index is 2.12. The summed E-state index contributed by atoms with van der Waals surface area (Å²) in [5.74, 6) is 0. The minimum absolute atomic E-state index is 0.283. The van der Waals surface area contributed by atoms with Gasteiger partial charge in [0.1, 0.15) is 0 Å². The molecule has 1 aromatic heterocycles. The molecule has 0 saturated heterocycles. The summed E-state index contributed by atoms with van der Waals surface area (Å²) in [5.41, 5.74) is 2.67. The van der Waals surface area contributed by atoms with E-state index in [2.05, 4.69) is 47.3 Å². The number of nitrogens with one attached hydrogen (secondary N) is 1. The molecule has 2 rings (SSSR count). The van der Waals surface area contributed by atoms with E-state index in [1.165, 1.54) is 16.5 Å². The number of benzene rings is 1. The van der Waals surface area contributed by atoms with Crippen molar-refractivity contribution in [1.29, 1.82) is 0 Å². The predicted octanol–water partition coefficient (Wildman–Crippen LogP) is 2.91. The molecule has 0 radical (unpaired) electrons. The molecule has 3 heteroatoms. The second-order valence-electron chi connectivity index (χ2n) is 4.97. The molecule has 1 heterocycles. The van der Waals surface area contributed by atoms with Gasteiger partial charge < -0.3 is 15.0 Å². The quantitative estimate of drug-likeness (QED) is 0.716. The molecule has 0 fully saturated rings. The van der Waals surface area contributed by atoms with E-state index in [1.54, 1.807) is 0 Å². The van der Waals surface area contributed by atoms with Crippen LogP contribution in [0.2, 0.25) is 0 Å². The van der Waals surface area contributed by atoms with Crippen LogP contribution in [-0.2, 0) is 13.1 Å². The smallest absolute Gasteiger partial charge is 0.0483 e. The van der Waals surface area contributed by atoms with Gasteiger partial charge in [-0.3, -0.25) is 0 Å². The van der Waals surface area contributed by atoms with E-state index in [0.29, 0.717) is 0 Å². The van der Waals surface area contributed by atoms with E-state index in [9.17, 15) is 0 Å². The SMILES string of the molecule is CCCNCc1cccc2c1ccn2CCCCO. The van der Waals surface area contributed by atoms with Crippen molar-refractivity contribution in [1.82, 2.24) is 9.88 Å². The minimum Gasteiger partial charge on any atom is -0.396 e. The Bertz CT molecular complexity index is 504. The Labute approximate surface area is 115 Å². The number of hydrogen-bond donors (Lipinski definition) is 2. The van der Waals surface area contributed by atoms with Gasteiger partial charge in [-0.1, -0.05) is 19.1 Å². The van der Waals surface area contributed by atoms with Gasteiger partial charge in [0.15, 0.2) is 0 Å². The maximum absolute atomic E-state index is 8.86. The first-order chi connectivity index (χ1) is 9.36. The number of aliphatic hydroxyl groups is 1. The highest BCUT2D eigenvalue weighted by Crippen LogP contribution is 2.20. The largest absolute Gasteiger partial charge is 0.396 e. The average Bonchev–Trinajstić information content (AvgIpc) is 2.84. The third-order valence-corrected chi connectivity index (χ3v) is 3.45. The number of fused-ring (bicyclic) bond motifs is 1. The van der Waals surface area contributed by atoms with E-state index >= 15 is 0 Å². The molecule has 0 spiro atoms. The first-order valence-electron chi connectivity index (χ1n) is 7.25. The van der Waals surface area contributed by atoms with Crippen LogP contribution in [0.25, 0.3) is 10.9 Å². The number of nitrogens with zero attached hydrogens (tertiary/aromatic N) is 1. The first-order valence-corrected chi connectivity index (χ1v) is 7.25. The molecule has 19 heavy (non-hydrogen) atoms. The molecular weight excluding hydrogens is 236 g/mol. The average molecular weight is 260 g/mol. The second kappa shape index (κ2) is 7.31. The van der Waals surface area contributed by atoms with Crippen LogP contribution >= 0.6 is 0 Å². The highest BCUT2D eigenvalue weighted by molar-refractivity contribution is 5.83. The fourth-order valence-electron chi connectivity index (χ4n) is 2.43. The number of rotatable bonds is 8. The van der Waals surface area contributed by atoms with Gasteiger partial charge in [-0.05, 0) is 43.5 Å². The zero-order chi connectivity index (χ0) is 13.5. The van der Waals surface area contributed by atoms with Gasteiger partial charge in [0, 0.05) is 36.8 Å². The molecule has 0 aliphatic heterocycles. The molecule has 2 N–H and O–H groups in total. The number of hydrogen-bond acceptors (Lipinski definition) is 2. The van der Waals surface area contributed by atoms with Gasteiger partial charge in [-0.15, -0.1) is 0 Å². The molecule has 0 amide bonds. The summed E-state index contributed by atoms with van der Waals surface area (Å²) in [6.45, 7) is 5.45. The first kappa shape index (κ1) is 14.1. The number of aryl methyl sites for hydroxylation is 1. The van der Waals surface area contributed by atoms with Gasteiger partial charge in [0.25, 0.3) is 0 Å². The summed E-state index contributed by atoms with van der Waals surface area (Å²) in [7, 11) is 0. The normalized spacial score (nSPS) is 11.3. The van der Waals surface area contributed by atoms with Gasteiger partial charge in [-0.25, -0.2) is 0 Å². The second-order valence-corrected chi connectivity index (χ2v) is 4.97. The predicted molar refractivity (Wildman–Crippen MR) is 80.3 cm³/mol. The summed E-state index contributed by atoms with van der Waals surface area (Å²) in [4.78, 5) is 0. The monoisotopic (exact) mass is 260 g/mol. The Morgan fingerprint density at radius 3 is 2.89 bits per heavy atom. The van der Waals surface area contributed by atoms with Gasteiger partial charge in [-0.2, -0.15) is 0 Å². The third kappa shape index (κ3) is 3.58. The van der Waals surface area contributed by atoms with Crippen molar-refractivity contribution in [2.24, 2.45) is 0 Å². The maximum Gasteiger partial charge on any atom is 0.0483 e. The highest BCUT2D eigenvalue weighted by Gasteiger charge is 2.04. The van der Waals surface area contributed by atoms with Crippen LogP contribution < -0.4 is 5.32 Å². The summed E-state index contributed by atoms with van der Waals surface area (Å²) >= 11 is 0. The molecule has 0 aliphatic carbocycles. The maximum atomic E-state index is 8.86. The molecule has 1 aromatic carbocycles. The number of aliphatic hydroxyl groups excluding tert-OH is 1. The van der Waals surface area contributed by atoms with Crippen molar-refractivity contribution in [3.8, 4) is 0 Å². The summed E-state index contributed by atoms with van der Waals surface area (Å²) in [6, 6.07) is 8.71. The summed E-state index contributed by atoms with van der Waals surface area (Å²) in [6.07, 6.45) is 5.22. The van der Waals surface area contributed by atoms with Gasteiger partial charge >= 0.3 is 0 Å². The fourth-order valence-corrected chi connectivity index (χ4v) is 2.43. The van der Waals surface area contributed by atoms with Crippen LogP contribution in [0.5, 0.6) is 0 Å². The van der Waals surface area contributed by atoms with Crippen molar-refractivity contribution in [2.45, 2.75) is 39.3 Å². The van der Waals surface area contributed by atoms with E-state index in [1.807, 2.05) is 0 Å². The third-order valence-electron chi connectivity index (χ3n) is 3.45. The topological polar surface area (TPSA) is 37.2 Å². The zero-order valence-corrected chi connectivity index (χ0v) is 11.7. The Kier molecular flexibility index (Phi) is 5.43. The van der Waals surface area contributed by atoms with E-state index in [-0.39, 0.29) is 6.61 Å². The van der Waals surface area contributed by atoms with Crippen molar-refractivity contribution in [2.75, 3.05) is 13.2 Å². The van der Waals surface area contributed by atoms with Crippen LogP contribution in [0, 0.1) is 0 Å². The van der Waals surface area contributed by atoms with Crippen molar-refractivity contribution >= 4 is 10.9 Å². The number of aromatic nitrogens is 1. The lowest BCUT2D eigenvalue weighted by Crippen LogP contribution is -2.13. The molecule has 104 valence electrons. The molecule has 3 nitrogen and oxygen atoms in total. The lowest BCUT2D eigenvalue weighted by atomic mass is 10.1. The van der Waals surface area contributed by atoms with E-state index < -0.39 is 0 Å². The minimum atomic E-state index is 0.283. The Morgan fingerprint density at radius 1 is 1.21 bits per heavy atom. The molecule has 0 saturated carbocycles. The van der Waals surface area contributed by atoms with Crippen LogP contribution in [0.3, 0.4) is 0 Å². The molecule has 0 atom stereocenters. The highest BCUT2D eigenvalue weighted by atomic mass is 16.2. The van der Waals surface area contributed by atoms with Crippen molar-refractivity contribution in [3.63, 3.8) is 0 Å². The van der Waals surface area contributed by atoms with Crippen LogP contribution in [-0.4, -0.2) is 22.8 Å². The van der Waals surface area contributed by atoms with Gasteiger partial charge in [0.2, 0.25) is 0 Å². The Hall–Kier alpha value is -1.32. The molecule has 2 aromatic rings. The number of unbranched alkanes of at least 4 members (excludes halogenated alkanes) is 1. The summed E-state index contributed by atoms with van der Waals surface area (Å²) < 4.78 is 2.29. The van der Waals surface area contributed by atoms with Crippen molar-refractivity contribution in [3.05, 3.63) is 36.0 Å². The van der Waals surface area contributed by atoms with E-state index in [0.717, 1.165) is 38.9 Å². The standard InChI is InChI=1S/C16H24N2O/c1-2-9-17-13-14-6-5-7-16-15(14)8-11-18(16)10-3-4-12-19/h5-8,11,17,19H,2-4,9-10,12-13H2,1H3. The Morgan fingerprint density at radius 2 is 2.11 bits per heavy atom. The lowest BCUT2D eigenvalue weighted by Gasteiger charge is -2.08. The fraction of sp³-hybridized carbons (Fsp3) is 0.500.